The maximum absolute atomic E-state index is 12.5. The first kappa shape index (κ1) is 15.0. The lowest BCUT2D eigenvalue weighted by Crippen LogP contribution is -2.25. The summed E-state index contributed by atoms with van der Waals surface area (Å²) < 4.78 is 1.74. The molecule has 0 aliphatic heterocycles. The van der Waals surface area contributed by atoms with Crippen LogP contribution in [0.4, 0.5) is 5.69 Å². The van der Waals surface area contributed by atoms with Crippen molar-refractivity contribution in [3.8, 4) is 11.4 Å². The quantitative estimate of drug-likeness (QED) is 0.777. The second-order valence-corrected chi connectivity index (χ2v) is 5.56. The predicted octanol–water partition coefficient (Wildman–Crippen LogP) is 3.09. The largest absolute Gasteiger partial charge is 0.345 e. The van der Waals surface area contributed by atoms with Crippen molar-refractivity contribution >= 4 is 11.6 Å². The van der Waals surface area contributed by atoms with Crippen LogP contribution in [0.2, 0.25) is 0 Å². The summed E-state index contributed by atoms with van der Waals surface area (Å²) in [7, 11) is 0. The molecule has 1 unspecified atom stereocenters. The molecule has 0 saturated heterocycles. The summed E-state index contributed by atoms with van der Waals surface area (Å²) in [6, 6.07) is 9.17. The predicted molar refractivity (Wildman–Crippen MR) is 89.1 cm³/mol. The Morgan fingerprint density at radius 2 is 2.13 bits per heavy atom. The van der Waals surface area contributed by atoms with Crippen molar-refractivity contribution in [3.05, 3.63) is 54.1 Å². The lowest BCUT2D eigenvalue weighted by molar-refractivity contribution is -0.119. The van der Waals surface area contributed by atoms with Crippen LogP contribution in [-0.4, -0.2) is 25.7 Å². The SMILES string of the molecule is Cc1cc(C)n(C(C)C(=O)Nc2cccc(-c3ncc[nH]3)c2)n1. The molecule has 0 aliphatic rings. The Labute approximate surface area is 134 Å². The summed E-state index contributed by atoms with van der Waals surface area (Å²) in [4.78, 5) is 19.8. The van der Waals surface area contributed by atoms with Crippen LogP contribution in [0, 0.1) is 13.8 Å². The van der Waals surface area contributed by atoms with E-state index < -0.39 is 0 Å². The van der Waals surface area contributed by atoms with Gasteiger partial charge in [0, 0.05) is 29.3 Å². The number of aromatic nitrogens is 4. The highest BCUT2D eigenvalue weighted by Crippen LogP contribution is 2.20. The molecule has 2 aromatic heterocycles. The number of benzene rings is 1. The summed E-state index contributed by atoms with van der Waals surface area (Å²) >= 11 is 0. The number of carbonyl (C=O) groups is 1. The fourth-order valence-electron chi connectivity index (χ4n) is 2.56. The third kappa shape index (κ3) is 3.15. The van der Waals surface area contributed by atoms with Gasteiger partial charge in [0.25, 0.3) is 0 Å². The number of H-pyrrole nitrogens is 1. The number of nitrogens with one attached hydrogen (secondary N) is 2. The molecule has 1 amide bonds. The van der Waals surface area contributed by atoms with Gasteiger partial charge in [-0.15, -0.1) is 0 Å². The van der Waals surface area contributed by atoms with E-state index in [-0.39, 0.29) is 11.9 Å². The van der Waals surface area contributed by atoms with Gasteiger partial charge in [-0.2, -0.15) is 5.10 Å². The first-order valence-electron chi connectivity index (χ1n) is 7.48. The van der Waals surface area contributed by atoms with Crippen molar-refractivity contribution in [1.82, 2.24) is 19.7 Å². The van der Waals surface area contributed by atoms with Gasteiger partial charge in [0.15, 0.2) is 0 Å². The number of aromatic amines is 1. The van der Waals surface area contributed by atoms with Gasteiger partial charge in [0.05, 0.1) is 5.69 Å². The fraction of sp³-hybridized carbons (Fsp3) is 0.235. The van der Waals surface area contributed by atoms with Gasteiger partial charge < -0.3 is 10.3 Å². The maximum atomic E-state index is 12.5. The summed E-state index contributed by atoms with van der Waals surface area (Å²) in [5.74, 6) is 0.667. The molecule has 6 nitrogen and oxygen atoms in total. The van der Waals surface area contributed by atoms with Gasteiger partial charge in [-0.05, 0) is 39.0 Å². The average Bonchev–Trinajstić information content (AvgIpc) is 3.16. The lowest BCUT2D eigenvalue weighted by atomic mass is 10.2. The first-order chi connectivity index (χ1) is 11.0. The topological polar surface area (TPSA) is 75.6 Å². The van der Waals surface area contributed by atoms with E-state index in [1.165, 1.54) is 0 Å². The molecule has 0 bridgehead atoms. The molecular formula is C17H19N5O. The monoisotopic (exact) mass is 309 g/mol. The Hall–Kier alpha value is -2.89. The highest BCUT2D eigenvalue weighted by molar-refractivity contribution is 5.94. The van der Waals surface area contributed by atoms with Crippen LogP contribution in [-0.2, 0) is 4.79 Å². The molecule has 118 valence electrons. The highest BCUT2D eigenvalue weighted by Gasteiger charge is 2.18. The number of carbonyl (C=O) groups excluding carboxylic acids is 1. The average molecular weight is 309 g/mol. The minimum Gasteiger partial charge on any atom is -0.345 e. The van der Waals surface area contributed by atoms with E-state index in [0.29, 0.717) is 0 Å². The Kier molecular flexibility index (Phi) is 3.97. The van der Waals surface area contributed by atoms with Crippen molar-refractivity contribution in [1.29, 1.82) is 0 Å². The molecule has 0 spiro atoms. The molecule has 2 heterocycles. The normalized spacial score (nSPS) is 12.1. The number of amides is 1. The number of rotatable bonds is 4. The molecule has 0 aliphatic carbocycles. The van der Waals surface area contributed by atoms with Crippen LogP contribution in [0.3, 0.4) is 0 Å². The number of nitrogens with zero attached hydrogens (tertiary/aromatic N) is 3. The van der Waals surface area contributed by atoms with E-state index in [9.17, 15) is 4.79 Å². The van der Waals surface area contributed by atoms with Crippen molar-refractivity contribution in [2.75, 3.05) is 5.32 Å². The third-order valence-electron chi connectivity index (χ3n) is 3.69. The molecule has 3 aromatic rings. The summed E-state index contributed by atoms with van der Waals surface area (Å²) in [6.07, 6.45) is 3.47. The molecule has 6 heteroatoms. The van der Waals surface area contributed by atoms with E-state index >= 15 is 0 Å². The van der Waals surface area contributed by atoms with Crippen LogP contribution >= 0.6 is 0 Å². The van der Waals surface area contributed by atoms with Crippen LogP contribution in [0.25, 0.3) is 11.4 Å². The first-order valence-corrected chi connectivity index (χ1v) is 7.48. The van der Waals surface area contributed by atoms with Crippen molar-refractivity contribution in [3.63, 3.8) is 0 Å². The van der Waals surface area contributed by atoms with Gasteiger partial charge in [-0.1, -0.05) is 12.1 Å². The maximum Gasteiger partial charge on any atom is 0.248 e. The molecular weight excluding hydrogens is 290 g/mol. The van der Waals surface area contributed by atoms with Crippen LogP contribution in [0.1, 0.15) is 24.4 Å². The molecule has 1 atom stereocenters. The second-order valence-electron chi connectivity index (χ2n) is 5.56. The zero-order chi connectivity index (χ0) is 16.4. The molecule has 0 fully saturated rings. The summed E-state index contributed by atoms with van der Waals surface area (Å²) in [5, 5.41) is 7.31. The standard InChI is InChI=1S/C17H19N5O/c1-11-9-12(2)22(21-11)13(3)17(23)20-15-6-4-5-14(10-15)16-18-7-8-19-16/h4-10,13H,1-3H3,(H,18,19)(H,20,23). The van der Waals surface area contributed by atoms with E-state index in [1.807, 2.05) is 51.1 Å². The number of hydrogen-bond donors (Lipinski definition) is 2. The molecule has 3 rings (SSSR count). The number of imidazole rings is 1. The van der Waals surface area contributed by atoms with Gasteiger partial charge >= 0.3 is 0 Å². The van der Waals surface area contributed by atoms with E-state index in [4.69, 9.17) is 0 Å². The number of anilines is 1. The Balaban J connectivity index is 1.78. The number of hydrogen-bond acceptors (Lipinski definition) is 3. The Morgan fingerprint density at radius 3 is 2.78 bits per heavy atom. The fourth-order valence-corrected chi connectivity index (χ4v) is 2.56. The van der Waals surface area contributed by atoms with Crippen LogP contribution in [0.15, 0.2) is 42.7 Å². The smallest absolute Gasteiger partial charge is 0.248 e. The van der Waals surface area contributed by atoms with E-state index in [0.717, 1.165) is 28.5 Å². The zero-order valence-electron chi connectivity index (χ0n) is 13.4. The molecule has 1 aromatic carbocycles. The Bertz CT molecular complexity index is 819. The van der Waals surface area contributed by atoms with Gasteiger partial charge in [-0.3, -0.25) is 9.48 Å². The van der Waals surface area contributed by atoms with E-state index in [1.54, 1.807) is 17.1 Å². The van der Waals surface area contributed by atoms with E-state index in [2.05, 4.69) is 20.4 Å². The Morgan fingerprint density at radius 1 is 1.30 bits per heavy atom. The van der Waals surface area contributed by atoms with Crippen LogP contribution in [0.5, 0.6) is 0 Å². The molecule has 0 radical (unpaired) electrons. The minimum atomic E-state index is -0.379. The summed E-state index contributed by atoms with van der Waals surface area (Å²) in [5.41, 5.74) is 3.53. The van der Waals surface area contributed by atoms with Gasteiger partial charge in [0.1, 0.15) is 11.9 Å². The van der Waals surface area contributed by atoms with Gasteiger partial charge in [0.2, 0.25) is 5.91 Å². The molecule has 23 heavy (non-hydrogen) atoms. The van der Waals surface area contributed by atoms with Crippen molar-refractivity contribution in [2.45, 2.75) is 26.8 Å². The third-order valence-corrected chi connectivity index (χ3v) is 3.69. The van der Waals surface area contributed by atoms with Crippen LogP contribution < -0.4 is 5.32 Å². The van der Waals surface area contributed by atoms with Crippen molar-refractivity contribution in [2.24, 2.45) is 0 Å². The molecule has 2 N–H and O–H groups in total. The highest BCUT2D eigenvalue weighted by atomic mass is 16.2. The molecule has 0 saturated carbocycles. The second kappa shape index (κ2) is 6.08. The lowest BCUT2D eigenvalue weighted by Gasteiger charge is -2.15. The minimum absolute atomic E-state index is 0.104. The number of aryl methyl sites for hydroxylation is 2. The van der Waals surface area contributed by atoms with Crippen molar-refractivity contribution < 1.29 is 4.79 Å². The summed E-state index contributed by atoms with van der Waals surface area (Å²) in [6.45, 7) is 5.70. The van der Waals surface area contributed by atoms with Gasteiger partial charge in [-0.25, -0.2) is 4.98 Å². The zero-order valence-corrected chi connectivity index (χ0v) is 13.4.